The van der Waals surface area contributed by atoms with E-state index in [9.17, 15) is 14.4 Å². The highest BCUT2D eigenvalue weighted by Gasteiger charge is 2.28. The maximum Gasteiger partial charge on any atom is 0.410 e. The zero-order valence-corrected chi connectivity index (χ0v) is 20.1. The van der Waals surface area contributed by atoms with E-state index in [0.29, 0.717) is 42.9 Å². The van der Waals surface area contributed by atoms with Crippen molar-refractivity contribution < 1.29 is 28.6 Å². The minimum absolute atomic E-state index is 0.176. The number of nitrogens with one attached hydrogen (secondary N) is 1. The second kappa shape index (κ2) is 11.0. The lowest BCUT2D eigenvalue weighted by molar-refractivity contribution is -0.115. The molecule has 0 radical (unpaired) electrons. The largest absolute Gasteiger partial charge is 0.496 e. The first kappa shape index (κ1) is 25.1. The number of piperidine rings is 1. The third-order valence-electron chi connectivity index (χ3n) is 5.32. The van der Waals surface area contributed by atoms with Crippen LogP contribution in [0.2, 0.25) is 0 Å². The standard InChI is InChI=1S/C26H32N2O6/c1-26(2,3)34-25(31)28-15-13-21(14-16-28)33-24(30)18-9-11-20(12-10-18)27-23(29)17-19-7-5-6-8-22(19)32-4/h5-12,21H,13-17H2,1-4H3,(H,27,29). The topological polar surface area (TPSA) is 94.2 Å². The lowest BCUT2D eigenvalue weighted by Crippen LogP contribution is -2.43. The predicted octanol–water partition coefficient (Wildman–Crippen LogP) is 4.43. The molecule has 0 aliphatic carbocycles. The molecule has 8 nitrogen and oxygen atoms in total. The van der Waals surface area contributed by atoms with Gasteiger partial charge in [0.1, 0.15) is 17.5 Å². The van der Waals surface area contributed by atoms with Gasteiger partial charge in [0.25, 0.3) is 0 Å². The van der Waals surface area contributed by atoms with Crippen LogP contribution >= 0.6 is 0 Å². The van der Waals surface area contributed by atoms with Crippen LogP contribution in [0.15, 0.2) is 48.5 Å². The summed E-state index contributed by atoms with van der Waals surface area (Å²) in [6.07, 6.45) is 0.687. The summed E-state index contributed by atoms with van der Waals surface area (Å²) in [6, 6.07) is 13.9. The number of rotatable bonds is 6. The second-order valence-corrected chi connectivity index (χ2v) is 9.19. The first-order chi connectivity index (χ1) is 16.1. The lowest BCUT2D eigenvalue weighted by Gasteiger charge is -2.33. The molecule has 3 rings (SSSR count). The van der Waals surface area contributed by atoms with E-state index in [-0.39, 0.29) is 24.5 Å². The average Bonchev–Trinajstić information content (AvgIpc) is 2.79. The smallest absolute Gasteiger partial charge is 0.410 e. The monoisotopic (exact) mass is 468 g/mol. The number of anilines is 1. The van der Waals surface area contributed by atoms with E-state index in [1.807, 2.05) is 45.0 Å². The lowest BCUT2D eigenvalue weighted by atomic mass is 10.1. The van der Waals surface area contributed by atoms with Gasteiger partial charge in [0.15, 0.2) is 0 Å². The molecule has 1 heterocycles. The highest BCUT2D eigenvalue weighted by Crippen LogP contribution is 2.21. The Balaban J connectivity index is 1.47. The van der Waals surface area contributed by atoms with Crippen LogP contribution in [-0.4, -0.2) is 54.8 Å². The van der Waals surface area contributed by atoms with Gasteiger partial charge in [-0.3, -0.25) is 4.79 Å². The van der Waals surface area contributed by atoms with Gasteiger partial charge in [-0.15, -0.1) is 0 Å². The number of benzene rings is 2. The number of amides is 2. The number of ether oxygens (including phenoxy) is 3. The SMILES string of the molecule is COc1ccccc1CC(=O)Nc1ccc(C(=O)OC2CCN(C(=O)OC(C)(C)C)CC2)cc1. The van der Waals surface area contributed by atoms with E-state index in [1.54, 1.807) is 36.3 Å². The van der Waals surface area contributed by atoms with Crippen LogP contribution < -0.4 is 10.1 Å². The van der Waals surface area contributed by atoms with Gasteiger partial charge in [0.2, 0.25) is 5.91 Å². The Morgan fingerprint density at radius 2 is 1.65 bits per heavy atom. The molecular formula is C26H32N2O6. The molecule has 0 spiro atoms. The Bertz CT molecular complexity index is 1000. The molecule has 182 valence electrons. The highest BCUT2D eigenvalue weighted by molar-refractivity contribution is 5.94. The van der Waals surface area contributed by atoms with Crippen LogP contribution in [0.4, 0.5) is 10.5 Å². The molecule has 8 heteroatoms. The predicted molar refractivity (Wildman–Crippen MR) is 128 cm³/mol. The molecule has 2 aromatic carbocycles. The molecule has 0 saturated carbocycles. The minimum Gasteiger partial charge on any atom is -0.496 e. The quantitative estimate of drug-likeness (QED) is 0.630. The van der Waals surface area contributed by atoms with Crippen molar-refractivity contribution in [3.8, 4) is 5.75 Å². The van der Waals surface area contributed by atoms with Gasteiger partial charge in [-0.1, -0.05) is 18.2 Å². The van der Waals surface area contributed by atoms with E-state index in [2.05, 4.69) is 5.32 Å². The van der Waals surface area contributed by atoms with Crippen LogP contribution in [0.1, 0.15) is 49.5 Å². The van der Waals surface area contributed by atoms with Gasteiger partial charge in [0, 0.05) is 37.2 Å². The molecule has 34 heavy (non-hydrogen) atoms. The number of para-hydroxylation sites is 1. The number of methoxy groups -OCH3 is 1. The Kier molecular flexibility index (Phi) is 8.15. The number of nitrogens with zero attached hydrogens (tertiary/aromatic N) is 1. The van der Waals surface area contributed by atoms with E-state index < -0.39 is 11.6 Å². The summed E-state index contributed by atoms with van der Waals surface area (Å²) in [5, 5.41) is 2.82. The van der Waals surface area contributed by atoms with Crippen molar-refractivity contribution in [3.05, 3.63) is 59.7 Å². The number of esters is 1. The summed E-state index contributed by atoms with van der Waals surface area (Å²) in [5.41, 5.74) is 1.24. The van der Waals surface area contributed by atoms with Crippen molar-refractivity contribution in [2.45, 2.75) is 51.7 Å². The molecule has 1 N–H and O–H groups in total. The number of likely N-dealkylation sites (tertiary alicyclic amines) is 1. The van der Waals surface area contributed by atoms with Crippen LogP contribution in [-0.2, 0) is 20.7 Å². The summed E-state index contributed by atoms with van der Waals surface area (Å²) >= 11 is 0. The fourth-order valence-corrected chi connectivity index (χ4v) is 3.62. The normalized spacial score (nSPS) is 14.3. The summed E-state index contributed by atoms with van der Waals surface area (Å²) in [4.78, 5) is 38.7. The molecule has 1 saturated heterocycles. The minimum atomic E-state index is -0.541. The Hall–Kier alpha value is -3.55. The fourth-order valence-electron chi connectivity index (χ4n) is 3.62. The third kappa shape index (κ3) is 7.23. The molecule has 0 bridgehead atoms. The number of carbonyl (C=O) groups is 3. The molecule has 2 aromatic rings. The average molecular weight is 469 g/mol. The van der Waals surface area contributed by atoms with Crippen molar-refractivity contribution >= 4 is 23.7 Å². The molecule has 1 aliphatic heterocycles. The maximum atomic E-state index is 12.5. The number of hydrogen-bond donors (Lipinski definition) is 1. The summed E-state index contributed by atoms with van der Waals surface area (Å²) in [7, 11) is 1.57. The van der Waals surface area contributed by atoms with Gasteiger partial charge in [-0.05, 0) is 51.1 Å². The van der Waals surface area contributed by atoms with Gasteiger partial charge in [0.05, 0.1) is 19.1 Å². The molecule has 1 aliphatic rings. The van der Waals surface area contributed by atoms with Gasteiger partial charge in [-0.25, -0.2) is 9.59 Å². The maximum absolute atomic E-state index is 12.5. The van der Waals surface area contributed by atoms with Crippen LogP contribution in [0.5, 0.6) is 5.75 Å². The van der Waals surface area contributed by atoms with Crippen LogP contribution in [0.3, 0.4) is 0 Å². The zero-order chi connectivity index (χ0) is 24.7. The van der Waals surface area contributed by atoms with Crippen LogP contribution in [0, 0.1) is 0 Å². The molecule has 2 amide bonds. The van der Waals surface area contributed by atoms with Crippen molar-refractivity contribution in [3.63, 3.8) is 0 Å². The fraction of sp³-hybridized carbons (Fsp3) is 0.423. The van der Waals surface area contributed by atoms with E-state index in [1.165, 1.54) is 0 Å². The van der Waals surface area contributed by atoms with E-state index in [0.717, 1.165) is 5.56 Å². The van der Waals surface area contributed by atoms with Gasteiger partial charge >= 0.3 is 12.1 Å². The van der Waals surface area contributed by atoms with Gasteiger partial charge in [-0.2, -0.15) is 0 Å². The van der Waals surface area contributed by atoms with E-state index in [4.69, 9.17) is 14.2 Å². The van der Waals surface area contributed by atoms with E-state index >= 15 is 0 Å². The van der Waals surface area contributed by atoms with Crippen LogP contribution in [0.25, 0.3) is 0 Å². The molecule has 1 fully saturated rings. The molecule has 0 aromatic heterocycles. The molecular weight excluding hydrogens is 436 g/mol. The summed E-state index contributed by atoms with van der Waals surface area (Å²) < 4.78 is 16.3. The van der Waals surface area contributed by atoms with Crippen molar-refractivity contribution in [2.75, 3.05) is 25.5 Å². The third-order valence-corrected chi connectivity index (χ3v) is 5.32. The Morgan fingerprint density at radius 1 is 1.00 bits per heavy atom. The highest BCUT2D eigenvalue weighted by atomic mass is 16.6. The first-order valence-electron chi connectivity index (χ1n) is 11.4. The summed E-state index contributed by atoms with van der Waals surface area (Å²) in [5.74, 6) is 0.0480. The number of hydrogen-bond acceptors (Lipinski definition) is 6. The Morgan fingerprint density at radius 3 is 2.26 bits per heavy atom. The summed E-state index contributed by atoms with van der Waals surface area (Å²) in [6.45, 7) is 6.44. The van der Waals surface area contributed by atoms with Crippen molar-refractivity contribution in [1.29, 1.82) is 0 Å². The van der Waals surface area contributed by atoms with Crippen molar-refractivity contribution in [1.82, 2.24) is 4.90 Å². The Labute approximate surface area is 200 Å². The first-order valence-corrected chi connectivity index (χ1v) is 11.4. The van der Waals surface area contributed by atoms with Crippen molar-refractivity contribution in [2.24, 2.45) is 0 Å². The molecule has 0 atom stereocenters. The second-order valence-electron chi connectivity index (χ2n) is 9.19. The number of carbonyl (C=O) groups excluding carboxylic acids is 3. The van der Waals surface area contributed by atoms with Gasteiger partial charge < -0.3 is 24.4 Å². The zero-order valence-electron chi connectivity index (χ0n) is 20.1. The molecule has 0 unspecified atom stereocenters.